The van der Waals surface area contributed by atoms with Crippen LogP contribution in [0.3, 0.4) is 0 Å². The van der Waals surface area contributed by atoms with Crippen LogP contribution in [0.25, 0.3) is 11.3 Å². The lowest BCUT2D eigenvalue weighted by Gasteiger charge is -2.14. The largest absolute Gasteiger partial charge is 0.695 e. The second kappa shape index (κ2) is 9.71. The van der Waals surface area contributed by atoms with Gasteiger partial charge in [-0.15, -0.1) is 9.42 Å². The van der Waals surface area contributed by atoms with Crippen molar-refractivity contribution in [3.8, 4) is 11.3 Å². The third-order valence-electron chi connectivity index (χ3n) is 4.69. The van der Waals surface area contributed by atoms with Crippen LogP contribution in [0.4, 0.5) is 10.1 Å². The average molecular weight is 430 g/mol. The maximum atomic E-state index is 13.3. The zero-order valence-corrected chi connectivity index (χ0v) is 17.5. The van der Waals surface area contributed by atoms with E-state index in [1.165, 1.54) is 12.1 Å². The Bertz CT molecular complexity index is 1040. The van der Waals surface area contributed by atoms with Gasteiger partial charge in [0.2, 0.25) is 5.91 Å². The first-order valence-electron chi connectivity index (χ1n) is 9.29. The van der Waals surface area contributed by atoms with Gasteiger partial charge < -0.3 is 5.32 Å². The Morgan fingerprint density at radius 1 is 1.23 bits per heavy atom. The van der Waals surface area contributed by atoms with Gasteiger partial charge in [0.25, 0.3) is 0 Å². The molecule has 0 radical (unpaired) electrons. The number of rotatable bonds is 8. The molecule has 7 nitrogen and oxygen atoms in total. The number of nitrogens with zero attached hydrogens (tertiary/aromatic N) is 2. The molecule has 1 heterocycles. The molecule has 156 valence electrons. The standard InChI is InChI=1S/C21H21FN3O4P/c1-14(19-12-23-25(2)21(19)16-5-7-17(22)8-6-16)11-20(26)24-18-9-3-15(4-10-18)13-29-30(27)28/h3-10,12,14H,11,13H2,1-2H3,(H-,24,26,27,28)/p+1. The maximum Gasteiger partial charge on any atom is 0.695 e. The van der Waals surface area contributed by atoms with Crippen molar-refractivity contribution in [2.24, 2.45) is 7.05 Å². The van der Waals surface area contributed by atoms with Crippen molar-refractivity contribution >= 4 is 19.8 Å². The van der Waals surface area contributed by atoms with E-state index < -0.39 is 8.25 Å². The fraction of sp³-hybridized carbons (Fsp3) is 0.238. The molecule has 9 heteroatoms. The van der Waals surface area contributed by atoms with Crippen molar-refractivity contribution < 1.29 is 23.2 Å². The van der Waals surface area contributed by atoms with Gasteiger partial charge in [-0.2, -0.15) is 5.10 Å². The van der Waals surface area contributed by atoms with Crippen LogP contribution in [0.1, 0.15) is 30.4 Å². The smallest absolute Gasteiger partial charge is 0.326 e. The molecule has 0 bridgehead atoms. The number of benzene rings is 2. The summed E-state index contributed by atoms with van der Waals surface area (Å²) in [5, 5.41) is 7.15. The molecule has 30 heavy (non-hydrogen) atoms. The Balaban J connectivity index is 1.65. The quantitative estimate of drug-likeness (QED) is 0.513. The predicted molar refractivity (Wildman–Crippen MR) is 111 cm³/mol. The van der Waals surface area contributed by atoms with E-state index in [1.54, 1.807) is 47.3 Å². The summed E-state index contributed by atoms with van der Waals surface area (Å²) in [6.45, 7) is 1.96. The van der Waals surface area contributed by atoms with Crippen molar-refractivity contribution in [1.29, 1.82) is 0 Å². The van der Waals surface area contributed by atoms with Crippen molar-refractivity contribution in [3.63, 3.8) is 0 Å². The highest BCUT2D eigenvalue weighted by molar-refractivity contribution is 7.32. The van der Waals surface area contributed by atoms with Crippen LogP contribution < -0.4 is 5.32 Å². The second-order valence-corrected chi connectivity index (χ2v) is 7.67. The number of anilines is 1. The van der Waals surface area contributed by atoms with Crippen LogP contribution in [0.15, 0.2) is 54.7 Å². The number of halogens is 1. The Morgan fingerprint density at radius 3 is 2.53 bits per heavy atom. The minimum Gasteiger partial charge on any atom is -0.326 e. The number of amides is 1. The summed E-state index contributed by atoms with van der Waals surface area (Å²) in [6, 6.07) is 13.0. The molecule has 0 aliphatic rings. The van der Waals surface area contributed by atoms with Crippen molar-refractivity contribution in [1.82, 2.24) is 9.78 Å². The van der Waals surface area contributed by atoms with Gasteiger partial charge in [-0.05, 0) is 47.9 Å². The predicted octanol–water partition coefficient (Wildman–Crippen LogP) is 4.52. The molecule has 2 atom stereocenters. The molecule has 0 spiro atoms. The van der Waals surface area contributed by atoms with Gasteiger partial charge in [0.05, 0.1) is 11.9 Å². The Kier molecular flexibility index (Phi) is 7.05. The molecule has 0 aliphatic heterocycles. The number of aryl methyl sites for hydroxylation is 1. The lowest BCUT2D eigenvalue weighted by molar-refractivity contribution is -0.116. The summed E-state index contributed by atoms with van der Waals surface area (Å²) in [7, 11) is -0.830. The lowest BCUT2D eigenvalue weighted by atomic mass is 9.95. The molecule has 2 aromatic carbocycles. The van der Waals surface area contributed by atoms with Gasteiger partial charge in [-0.3, -0.25) is 9.48 Å². The number of hydrogen-bond donors (Lipinski definition) is 2. The van der Waals surface area contributed by atoms with E-state index >= 15 is 0 Å². The molecule has 2 N–H and O–H groups in total. The normalized spacial score (nSPS) is 12.5. The third kappa shape index (κ3) is 5.57. The molecule has 0 aliphatic carbocycles. The molecular formula is C21H22FN3O4P+. The van der Waals surface area contributed by atoms with E-state index in [-0.39, 0.29) is 30.7 Å². The molecule has 1 amide bonds. The summed E-state index contributed by atoms with van der Waals surface area (Å²) < 4.78 is 30.2. The topological polar surface area (TPSA) is 93.4 Å². The monoisotopic (exact) mass is 430 g/mol. The van der Waals surface area contributed by atoms with E-state index in [1.807, 2.05) is 14.0 Å². The van der Waals surface area contributed by atoms with Crippen molar-refractivity contribution in [2.75, 3.05) is 5.32 Å². The first-order chi connectivity index (χ1) is 14.3. The van der Waals surface area contributed by atoms with Crippen LogP contribution >= 0.6 is 8.25 Å². The minimum absolute atomic E-state index is 0.0180. The molecule has 3 rings (SSSR count). The van der Waals surface area contributed by atoms with Gasteiger partial charge in [-0.25, -0.2) is 4.39 Å². The summed E-state index contributed by atoms with van der Waals surface area (Å²) in [6.07, 6.45) is 1.98. The minimum atomic E-state index is -2.64. The van der Waals surface area contributed by atoms with Gasteiger partial charge in [0.15, 0.2) is 0 Å². The first kappa shape index (κ1) is 21.8. The molecule has 0 saturated carbocycles. The summed E-state index contributed by atoms with van der Waals surface area (Å²) >= 11 is 0. The number of carbonyl (C=O) groups is 1. The number of aromatic nitrogens is 2. The number of nitrogens with one attached hydrogen (secondary N) is 1. The molecule has 0 fully saturated rings. The van der Waals surface area contributed by atoms with E-state index in [0.717, 1.165) is 22.4 Å². The Morgan fingerprint density at radius 2 is 1.90 bits per heavy atom. The second-order valence-electron chi connectivity index (χ2n) is 6.94. The molecule has 1 aromatic heterocycles. The van der Waals surface area contributed by atoms with Crippen LogP contribution in [-0.2, 0) is 27.5 Å². The van der Waals surface area contributed by atoms with Crippen LogP contribution in [0, 0.1) is 5.82 Å². The SMILES string of the molecule is CC(CC(=O)Nc1ccc(CO[P+](=O)O)cc1)c1cnn(C)c1-c1ccc(F)cc1. The van der Waals surface area contributed by atoms with Crippen LogP contribution in [0.5, 0.6) is 0 Å². The molecule has 3 aromatic rings. The van der Waals surface area contributed by atoms with Crippen molar-refractivity contribution in [2.45, 2.75) is 25.9 Å². The van der Waals surface area contributed by atoms with Crippen LogP contribution in [0.2, 0.25) is 0 Å². The third-order valence-corrected chi connectivity index (χ3v) is 5.04. The van der Waals surface area contributed by atoms with Gasteiger partial charge in [-0.1, -0.05) is 19.1 Å². The summed E-state index contributed by atoms with van der Waals surface area (Å²) in [5.41, 5.74) is 3.93. The fourth-order valence-electron chi connectivity index (χ4n) is 3.19. The number of carbonyl (C=O) groups excluding carboxylic acids is 1. The average Bonchev–Trinajstić information content (AvgIpc) is 3.09. The lowest BCUT2D eigenvalue weighted by Crippen LogP contribution is -2.14. The molecule has 0 saturated heterocycles. The number of hydrogen-bond acceptors (Lipinski definition) is 4. The Hall–Kier alpha value is -2.93. The maximum absolute atomic E-state index is 13.3. The molecule has 2 unspecified atom stereocenters. The van der Waals surface area contributed by atoms with E-state index in [0.29, 0.717) is 5.69 Å². The zero-order valence-electron chi connectivity index (χ0n) is 16.6. The Labute approximate surface area is 174 Å². The van der Waals surface area contributed by atoms with Gasteiger partial charge >= 0.3 is 8.25 Å². The van der Waals surface area contributed by atoms with Crippen LogP contribution in [-0.4, -0.2) is 20.6 Å². The molecular weight excluding hydrogens is 408 g/mol. The highest BCUT2D eigenvalue weighted by atomic mass is 31.1. The van der Waals surface area contributed by atoms with E-state index in [4.69, 9.17) is 4.89 Å². The highest BCUT2D eigenvalue weighted by Crippen LogP contribution is 2.31. The van der Waals surface area contributed by atoms with E-state index in [9.17, 15) is 13.8 Å². The highest BCUT2D eigenvalue weighted by Gasteiger charge is 2.19. The van der Waals surface area contributed by atoms with Gasteiger partial charge in [0.1, 0.15) is 12.4 Å². The van der Waals surface area contributed by atoms with E-state index in [2.05, 4.69) is 14.9 Å². The summed E-state index contributed by atoms with van der Waals surface area (Å²) in [5.74, 6) is -0.566. The fourth-order valence-corrected chi connectivity index (χ4v) is 3.45. The summed E-state index contributed by atoms with van der Waals surface area (Å²) in [4.78, 5) is 21.2. The van der Waals surface area contributed by atoms with Gasteiger partial charge in [0, 0.05) is 34.8 Å². The first-order valence-corrected chi connectivity index (χ1v) is 10.4. The zero-order chi connectivity index (χ0) is 21.7. The van der Waals surface area contributed by atoms with Crippen molar-refractivity contribution in [3.05, 3.63) is 71.7 Å².